The Kier molecular flexibility index (Phi) is 5.64. The zero-order valence-corrected chi connectivity index (χ0v) is 15.6. The molecule has 2 aromatic heterocycles. The van der Waals surface area contributed by atoms with E-state index in [1.165, 1.54) is 21.8 Å². The standard InChI is InChI=1S/C16H15BrF2N6O2.CH4/c17-14-12(19)11(1-3-20-14)22-16(27)24-4-2-10-9(7-24)13-15(26)21-5-8(18)6-25(13)23-10;/h1,3,8H,2,4-7H2,(H,21,26)(H,20,22,27);1H4. The second-order valence-electron chi connectivity index (χ2n) is 6.33. The molecule has 28 heavy (non-hydrogen) atoms. The van der Waals surface area contributed by atoms with E-state index in [2.05, 4.69) is 36.6 Å². The van der Waals surface area contributed by atoms with Gasteiger partial charge in [-0.25, -0.2) is 18.6 Å². The largest absolute Gasteiger partial charge is 0.348 e. The van der Waals surface area contributed by atoms with Gasteiger partial charge in [0.25, 0.3) is 5.91 Å². The Balaban J connectivity index is 0.00000225. The zero-order chi connectivity index (χ0) is 19.1. The molecule has 150 valence electrons. The molecule has 0 spiro atoms. The maximum Gasteiger partial charge on any atom is 0.322 e. The summed E-state index contributed by atoms with van der Waals surface area (Å²) in [4.78, 5) is 30.1. The van der Waals surface area contributed by atoms with E-state index in [-0.39, 0.29) is 43.0 Å². The summed E-state index contributed by atoms with van der Waals surface area (Å²) < 4.78 is 29.2. The van der Waals surface area contributed by atoms with E-state index >= 15 is 0 Å². The highest BCUT2D eigenvalue weighted by Crippen LogP contribution is 2.26. The van der Waals surface area contributed by atoms with E-state index in [9.17, 15) is 18.4 Å². The van der Waals surface area contributed by atoms with Crippen LogP contribution >= 0.6 is 15.9 Å². The summed E-state index contributed by atoms with van der Waals surface area (Å²) in [5.74, 6) is -1.08. The van der Waals surface area contributed by atoms with Crippen LogP contribution in [0, 0.1) is 5.82 Å². The Bertz CT molecular complexity index is 935. The minimum Gasteiger partial charge on any atom is -0.348 e. The maximum absolute atomic E-state index is 14.0. The number of halogens is 3. The third-order valence-electron chi connectivity index (χ3n) is 4.55. The Hall–Kier alpha value is -2.56. The van der Waals surface area contributed by atoms with Crippen molar-refractivity contribution in [1.29, 1.82) is 0 Å². The molecule has 0 aliphatic carbocycles. The van der Waals surface area contributed by atoms with Crippen LogP contribution in [0.25, 0.3) is 0 Å². The fourth-order valence-corrected chi connectivity index (χ4v) is 3.57. The number of nitrogens with one attached hydrogen (secondary N) is 2. The van der Waals surface area contributed by atoms with E-state index in [0.717, 1.165) is 0 Å². The number of nitrogens with zero attached hydrogens (tertiary/aromatic N) is 4. The van der Waals surface area contributed by atoms with Crippen molar-refractivity contribution >= 4 is 33.6 Å². The number of aromatic nitrogens is 3. The molecule has 0 bridgehead atoms. The first-order chi connectivity index (χ1) is 12.9. The molecule has 0 aromatic carbocycles. The molecule has 2 aliphatic heterocycles. The fourth-order valence-electron chi connectivity index (χ4n) is 3.23. The SMILES string of the molecule is C.O=C1NCC(F)Cn2nc3c(c21)CN(C(=O)Nc1ccnc(Br)c1F)CC3. The summed E-state index contributed by atoms with van der Waals surface area (Å²) in [6, 6.07) is 0.851. The Morgan fingerprint density at radius 2 is 2.21 bits per heavy atom. The smallest absolute Gasteiger partial charge is 0.322 e. The van der Waals surface area contributed by atoms with Crippen molar-refractivity contribution in [1.82, 2.24) is 25.0 Å². The molecule has 1 atom stereocenters. The summed E-state index contributed by atoms with van der Waals surface area (Å²) >= 11 is 2.97. The van der Waals surface area contributed by atoms with Gasteiger partial charge >= 0.3 is 6.03 Å². The number of urea groups is 1. The minimum atomic E-state index is -1.22. The van der Waals surface area contributed by atoms with Gasteiger partial charge in [-0.2, -0.15) is 5.10 Å². The number of hydrogen-bond donors (Lipinski definition) is 2. The lowest BCUT2D eigenvalue weighted by atomic mass is 10.1. The van der Waals surface area contributed by atoms with Gasteiger partial charge in [0.15, 0.2) is 5.82 Å². The lowest BCUT2D eigenvalue weighted by Gasteiger charge is -2.27. The first-order valence-electron chi connectivity index (χ1n) is 8.30. The van der Waals surface area contributed by atoms with Crippen molar-refractivity contribution < 1.29 is 18.4 Å². The molecule has 3 amide bonds. The summed E-state index contributed by atoms with van der Waals surface area (Å²) in [5, 5.41) is 9.38. The van der Waals surface area contributed by atoms with Gasteiger partial charge in [-0.15, -0.1) is 0 Å². The number of rotatable bonds is 1. The maximum atomic E-state index is 14.0. The molecule has 0 radical (unpaired) electrons. The van der Waals surface area contributed by atoms with E-state index < -0.39 is 23.9 Å². The van der Waals surface area contributed by atoms with Gasteiger partial charge in [-0.3, -0.25) is 9.48 Å². The molecule has 4 rings (SSSR count). The van der Waals surface area contributed by atoms with Gasteiger partial charge in [0, 0.05) is 24.7 Å². The van der Waals surface area contributed by atoms with E-state index in [4.69, 9.17) is 0 Å². The van der Waals surface area contributed by atoms with Gasteiger partial charge in [0.2, 0.25) is 0 Å². The highest BCUT2D eigenvalue weighted by atomic mass is 79.9. The molecule has 8 nitrogen and oxygen atoms in total. The number of carbonyl (C=O) groups is 2. The van der Waals surface area contributed by atoms with Gasteiger partial charge in [0.1, 0.15) is 16.5 Å². The summed E-state index contributed by atoms with van der Waals surface area (Å²) in [6.07, 6.45) is 0.575. The minimum absolute atomic E-state index is 0. The summed E-state index contributed by atoms with van der Waals surface area (Å²) in [7, 11) is 0. The summed E-state index contributed by atoms with van der Waals surface area (Å²) in [6.45, 7) is 0.402. The second kappa shape index (κ2) is 7.82. The molecule has 0 saturated heterocycles. The number of amides is 3. The zero-order valence-electron chi connectivity index (χ0n) is 14.0. The molecule has 4 heterocycles. The number of hydrogen-bond acceptors (Lipinski definition) is 4. The van der Waals surface area contributed by atoms with Crippen molar-refractivity contribution in [3.8, 4) is 0 Å². The predicted molar refractivity (Wildman–Crippen MR) is 101 cm³/mol. The van der Waals surface area contributed by atoms with Crippen LogP contribution in [-0.4, -0.2) is 50.9 Å². The molecule has 2 aliphatic rings. The van der Waals surface area contributed by atoms with Crippen molar-refractivity contribution in [2.24, 2.45) is 0 Å². The van der Waals surface area contributed by atoms with Crippen LogP contribution < -0.4 is 10.6 Å². The third-order valence-corrected chi connectivity index (χ3v) is 5.10. The molecule has 2 N–H and O–H groups in total. The van der Waals surface area contributed by atoms with Crippen molar-refractivity contribution in [2.75, 3.05) is 18.4 Å². The Morgan fingerprint density at radius 3 is 3.00 bits per heavy atom. The third kappa shape index (κ3) is 3.58. The number of alkyl halides is 1. The van der Waals surface area contributed by atoms with Crippen molar-refractivity contribution in [3.63, 3.8) is 0 Å². The Labute approximate surface area is 168 Å². The lowest BCUT2D eigenvalue weighted by Crippen LogP contribution is -2.39. The quantitative estimate of drug-likeness (QED) is 0.644. The predicted octanol–water partition coefficient (Wildman–Crippen LogP) is 2.49. The molecule has 2 aromatic rings. The average Bonchev–Trinajstić information content (AvgIpc) is 2.93. The topological polar surface area (TPSA) is 92.2 Å². The fraction of sp³-hybridized carbons (Fsp3) is 0.412. The molecule has 11 heteroatoms. The van der Waals surface area contributed by atoms with Crippen LogP contribution in [0.15, 0.2) is 16.9 Å². The molecule has 0 fully saturated rings. The normalized spacial score (nSPS) is 18.3. The molecule has 0 saturated carbocycles. The highest BCUT2D eigenvalue weighted by molar-refractivity contribution is 9.10. The molecular weight excluding hydrogens is 438 g/mol. The van der Waals surface area contributed by atoms with Crippen molar-refractivity contribution in [2.45, 2.75) is 33.1 Å². The van der Waals surface area contributed by atoms with E-state index in [0.29, 0.717) is 24.2 Å². The van der Waals surface area contributed by atoms with Gasteiger partial charge < -0.3 is 15.5 Å². The summed E-state index contributed by atoms with van der Waals surface area (Å²) in [5.41, 5.74) is 1.55. The number of fused-ring (bicyclic) bond motifs is 3. The number of anilines is 1. The van der Waals surface area contributed by atoms with Crippen LogP contribution in [0.5, 0.6) is 0 Å². The first-order valence-corrected chi connectivity index (χ1v) is 9.10. The van der Waals surface area contributed by atoms with Gasteiger partial charge in [-0.05, 0) is 22.0 Å². The second-order valence-corrected chi connectivity index (χ2v) is 7.08. The van der Waals surface area contributed by atoms with Crippen LogP contribution in [0.4, 0.5) is 19.3 Å². The number of carbonyl (C=O) groups excluding carboxylic acids is 2. The van der Waals surface area contributed by atoms with E-state index in [1.807, 2.05) is 0 Å². The molecule has 1 unspecified atom stereocenters. The lowest BCUT2D eigenvalue weighted by molar-refractivity contribution is 0.0943. The van der Waals surface area contributed by atoms with Gasteiger partial charge in [0.05, 0.1) is 31.0 Å². The average molecular weight is 457 g/mol. The van der Waals surface area contributed by atoms with Crippen LogP contribution in [0.3, 0.4) is 0 Å². The molecular formula is C17H19BrF2N6O2. The van der Waals surface area contributed by atoms with Crippen LogP contribution in [-0.2, 0) is 19.5 Å². The van der Waals surface area contributed by atoms with E-state index in [1.54, 1.807) is 0 Å². The van der Waals surface area contributed by atoms with Gasteiger partial charge in [-0.1, -0.05) is 7.43 Å². The highest BCUT2D eigenvalue weighted by Gasteiger charge is 2.32. The number of pyridine rings is 1. The van der Waals surface area contributed by atoms with Crippen molar-refractivity contribution in [3.05, 3.63) is 39.6 Å². The van der Waals surface area contributed by atoms with Crippen LogP contribution in [0.2, 0.25) is 0 Å². The first kappa shape index (κ1) is 20.2. The Morgan fingerprint density at radius 1 is 1.43 bits per heavy atom. The van der Waals surface area contributed by atoms with Crippen LogP contribution in [0.1, 0.15) is 29.2 Å². The monoisotopic (exact) mass is 456 g/mol.